The number of nitrogens with one attached hydrogen (secondary N) is 2. The molecule has 0 unspecified atom stereocenters. The first kappa shape index (κ1) is 20.8. The van der Waals surface area contributed by atoms with Crippen molar-refractivity contribution < 1.29 is 14.0 Å². The molecule has 3 atom stereocenters. The Morgan fingerprint density at radius 2 is 1.91 bits per heavy atom. The van der Waals surface area contributed by atoms with Crippen molar-refractivity contribution in [3.63, 3.8) is 0 Å². The molecule has 2 saturated heterocycles. The number of thiazole rings is 1. The molecule has 32 heavy (non-hydrogen) atoms. The number of aromatic nitrogens is 1. The molecule has 0 aliphatic carbocycles. The minimum Gasteiger partial charge on any atom is -0.342 e. The zero-order valence-corrected chi connectivity index (χ0v) is 18.1. The Labute approximate surface area is 189 Å². The Kier molecular flexibility index (Phi) is 5.71. The molecular weight excluding hydrogens is 427 g/mol. The summed E-state index contributed by atoms with van der Waals surface area (Å²) in [5.41, 5.74) is 2.71. The summed E-state index contributed by atoms with van der Waals surface area (Å²) in [7, 11) is 0. The van der Waals surface area contributed by atoms with Gasteiger partial charge in [0.1, 0.15) is 22.9 Å². The van der Waals surface area contributed by atoms with Crippen LogP contribution in [0.5, 0.6) is 0 Å². The van der Waals surface area contributed by atoms with Crippen molar-refractivity contribution in [3.05, 3.63) is 76.4 Å². The van der Waals surface area contributed by atoms with E-state index >= 15 is 0 Å². The number of carbonyl (C=O) groups is 2. The fourth-order valence-corrected chi connectivity index (χ4v) is 5.13. The van der Waals surface area contributed by atoms with Crippen LogP contribution < -0.4 is 10.6 Å². The molecule has 3 heterocycles. The van der Waals surface area contributed by atoms with Crippen LogP contribution in [0, 0.1) is 5.82 Å². The van der Waals surface area contributed by atoms with Gasteiger partial charge in [-0.1, -0.05) is 30.3 Å². The molecule has 0 saturated carbocycles. The zero-order valence-electron chi connectivity index (χ0n) is 17.3. The first-order valence-electron chi connectivity index (χ1n) is 10.7. The van der Waals surface area contributed by atoms with Crippen molar-refractivity contribution in [3.8, 4) is 11.3 Å². The van der Waals surface area contributed by atoms with E-state index in [0.29, 0.717) is 25.9 Å². The summed E-state index contributed by atoms with van der Waals surface area (Å²) in [6.07, 6.45) is 1.09. The Morgan fingerprint density at radius 3 is 2.69 bits per heavy atom. The van der Waals surface area contributed by atoms with Crippen LogP contribution in [0.3, 0.4) is 0 Å². The molecule has 0 spiro atoms. The lowest BCUT2D eigenvalue weighted by atomic mass is 10.0. The molecule has 2 aromatic carbocycles. The van der Waals surface area contributed by atoms with Crippen molar-refractivity contribution in [1.29, 1.82) is 0 Å². The largest absolute Gasteiger partial charge is 0.342 e. The molecule has 0 radical (unpaired) electrons. The van der Waals surface area contributed by atoms with Gasteiger partial charge in [0.2, 0.25) is 11.8 Å². The van der Waals surface area contributed by atoms with E-state index in [9.17, 15) is 14.0 Å². The van der Waals surface area contributed by atoms with Gasteiger partial charge in [-0.05, 0) is 36.2 Å². The van der Waals surface area contributed by atoms with Crippen molar-refractivity contribution in [2.75, 3.05) is 6.54 Å². The lowest BCUT2D eigenvalue weighted by molar-refractivity contribution is -0.147. The third-order valence-corrected chi connectivity index (χ3v) is 6.87. The van der Waals surface area contributed by atoms with Crippen LogP contribution in [0.4, 0.5) is 4.39 Å². The van der Waals surface area contributed by atoms with E-state index < -0.39 is 12.1 Å². The van der Waals surface area contributed by atoms with Crippen molar-refractivity contribution in [2.45, 2.75) is 37.5 Å². The molecule has 2 fully saturated rings. The quantitative estimate of drug-likeness (QED) is 0.606. The molecule has 0 bridgehead atoms. The molecule has 6 nitrogen and oxygen atoms in total. The van der Waals surface area contributed by atoms with Crippen LogP contribution in [-0.2, 0) is 22.6 Å². The van der Waals surface area contributed by atoms with Crippen LogP contribution in [0.1, 0.15) is 17.0 Å². The number of rotatable bonds is 6. The van der Waals surface area contributed by atoms with E-state index in [0.717, 1.165) is 21.8 Å². The average molecular weight is 451 g/mol. The highest BCUT2D eigenvalue weighted by Crippen LogP contribution is 2.25. The fourth-order valence-electron chi connectivity index (χ4n) is 4.37. The molecule has 3 aromatic rings. The topological polar surface area (TPSA) is 74.3 Å². The molecule has 1 aromatic heterocycles. The predicted octanol–water partition coefficient (Wildman–Crippen LogP) is 2.75. The Morgan fingerprint density at radius 1 is 1.12 bits per heavy atom. The molecule has 5 rings (SSSR count). The van der Waals surface area contributed by atoms with E-state index in [-0.39, 0.29) is 23.7 Å². The summed E-state index contributed by atoms with van der Waals surface area (Å²) in [4.78, 5) is 32.0. The summed E-state index contributed by atoms with van der Waals surface area (Å²) < 4.78 is 13.1. The summed E-state index contributed by atoms with van der Waals surface area (Å²) in [6, 6.07) is 15.1. The fraction of sp³-hybridized carbons (Fsp3) is 0.292. The van der Waals surface area contributed by atoms with Gasteiger partial charge >= 0.3 is 0 Å². The van der Waals surface area contributed by atoms with Crippen molar-refractivity contribution in [2.24, 2.45) is 0 Å². The van der Waals surface area contributed by atoms with Gasteiger partial charge in [0, 0.05) is 36.5 Å². The van der Waals surface area contributed by atoms with E-state index in [1.165, 1.54) is 23.5 Å². The zero-order chi connectivity index (χ0) is 22.1. The minimum absolute atomic E-state index is 0.0180. The van der Waals surface area contributed by atoms with E-state index in [1.807, 2.05) is 35.7 Å². The molecule has 2 aliphatic heterocycles. The maximum Gasteiger partial charge on any atom is 0.246 e. The Bertz CT molecular complexity index is 1120. The smallest absolute Gasteiger partial charge is 0.246 e. The maximum absolute atomic E-state index is 13.1. The van der Waals surface area contributed by atoms with Crippen LogP contribution in [0.25, 0.3) is 11.3 Å². The summed E-state index contributed by atoms with van der Waals surface area (Å²) in [5, 5.41) is 9.22. The van der Waals surface area contributed by atoms with Crippen LogP contribution in [-0.4, -0.2) is 46.4 Å². The molecule has 2 amide bonds. The van der Waals surface area contributed by atoms with E-state index in [1.54, 1.807) is 17.0 Å². The van der Waals surface area contributed by atoms with Gasteiger partial charge in [-0.3, -0.25) is 9.59 Å². The summed E-state index contributed by atoms with van der Waals surface area (Å²) >= 11 is 1.53. The maximum atomic E-state index is 13.1. The predicted molar refractivity (Wildman–Crippen MR) is 120 cm³/mol. The van der Waals surface area contributed by atoms with E-state index in [2.05, 4.69) is 15.6 Å². The van der Waals surface area contributed by atoms with Gasteiger partial charge in [-0.25, -0.2) is 9.37 Å². The molecular formula is C24H23FN4O2S. The van der Waals surface area contributed by atoms with E-state index in [4.69, 9.17) is 0 Å². The highest BCUT2D eigenvalue weighted by molar-refractivity contribution is 7.09. The van der Waals surface area contributed by atoms with Crippen molar-refractivity contribution in [1.82, 2.24) is 20.5 Å². The normalized spacial score (nSPS) is 22.7. The number of hydrogen-bond donors (Lipinski definition) is 2. The van der Waals surface area contributed by atoms with Crippen LogP contribution >= 0.6 is 11.3 Å². The van der Waals surface area contributed by atoms with Gasteiger partial charge in [-0.15, -0.1) is 11.3 Å². The SMILES string of the molecule is O=C1N[C@H](Cc2ccccc2)C(=O)N2C[C@@H](NCc3nc(-c4ccc(F)cc4)cs3)C[C@@H]12. The molecule has 2 aliphatic rings. The average Bonchev–Trinajstić information content (AvgIpc) is 3.45. The van der Waals surface area contributed by atoms with Crippen LogP contribution in [0.15, 0.2) is 60.0 Å². The molecule has 8 heteroatoms. The first-order valence-corrected chi connectivity index (χ1v) is 11.5. The molecule has 2 N–H and O–H groups in total. The lowest BCUT2D eigenvalue weighted by Gasteiger charge is -2.34. The van der Waals surface area contributed by atoms with Gasteiger partial charge < -0.3 is 15.5 Å². The Hall–Kier alpha value is -3.10. The number of halogens is 1. The van der Waals surface area contributed by atoms with Gasteiger partial charge in [0.25, 0.3) is 0 Å². The highest BCUT2D eigenvalue weighted by Gasteiger charge is 2.46. The number of carbonyl (C=O) groups excluding carboxylic acids is 2. The lowest BCUT2D eigenvalue weighted by Crippen LogP contribution is -2.61. The van der Waals surface area contributed by atoms with Gasteiger partial charge in [0.15, 0.2) is 0 Å². The highest BCUT2D eigenvalue weighted by atomic mass is 32.1. The molecule has 164 valence electrons. The Balaban J connectivity index is 1.19. The summed E-state index contributed by atoms with van der Waals surface area (Å²) in [6.45, 7) is 1.07. The van der Waals surface area contributed by atoms with Gasteiger partial charge in [0.05, 0.1) is 5.69 Å². The number of fused-ring (bicyclic) bond motifs is 1. The minimum atomic E-state index is -0.517. The second-order valence-corrected chi connectivity index (χ2v) is 9.15. The monoisotopic (exact) mass is 450 g/mol. The van der Waals surface area contributed by atoms with Crippen LogP contribution in [0.2, 0.25) is 0 Å². The third-order valence-electron chi connectivity index (χ3n) is 6.02. The number of piperazine rings is 1. The second kappa shape index (κ2) is 8.80. The standard InChI is InChI=1S/C24H23FN4O2S/c25-17-8-6-16(7-9-17)20-14-32-22(27-20)12-26-18-11-21-23(30)28-19(24(31)29(21)13-18)10-15-4-2-1-3-5-15/h1-9,14,18-19,21,26H,10-13H2,(H,28,30)/t18-,19+,21-/m0/s1. The number of benzene rings is 2. The second-order valence-electron chi connectivity index (χ2n) is 8.20. The number of amides is 2. The first-order chi connectivity index (χ1) is 15.6. The number of nitrogens with zero attached hydrogens (tertiary/aromatic N) is 2. The summed E-state index contributed by atoms with van der Waals surface area (Å²) in [5.74, 6) is -0.369. The number of hydrogen-bond acceptors (Lipinski definition) is 5. The van der Waals surface area contributed by atoms with Gasteiger partial charge in [-0.2, -0.15) is 0 Å². The third kappa shape index (κ3) is 4.28. The van der Waals surface area contributed by atoms with Crippen molar-refractivity contribution >= 4 is 23.2 Å².